The summed E-state index contributed by atoms with van der Waals surface area (Å²) < 4.78 is 5.18. The molecule has 0 aromatic heterocycles. The molecule has 1 N–H and O–H groups in total. The molecule has 1 atom stereocenters. The van der Waals surface area contributed by atoms with Crippen molar-refractivity contribution in [2.75, 3.05) is 40.4 Å². The number of benzene rings is 1. The van der Waals surface area contributed by atoms with Crippen LogP contribution in [0.4, 0.5) is 0 Å². The molecule has 0 heterocycles. The first kappa shape index (κ1) is 18.1. The lowest BCUT2D eigenvalue weighted by Gasteiger charge is -2.38. The molecular formula is C18H32N2O. The van der Waals surface area contributed by atoms with E-state index in [0.717, 1.165) is 32.7 Å². The summed E-state index contributed by atoms with van der Waals surface area (Å²) in [6.07, 6.45) is 1.15. The quantitative estimate of drug-likeness (QED) is 0.716. The molecule has 1 rings (SSSR count). The summed E-state index contributed by atoms with van der Waals surface area (Å²) in [5.74, 6) is 0. The van der Waals surface area contributed by atoms with Crippen LogP contribution in [-0.4, -0.2) is 45.3 Å². The molecule has 0 saturated carbocycles. The van der Waals surface area contributed by atoms with E-state index in [1.807, 2.05) is 0 Å². The predicted octanol–water partition coefficient (Wildman–Crippen LogP) is 3.33. The molecule has 0 aliphatic heterocycles. The number of likely N-dealkylation sites (N-methyl/N-ethyl adjacent to an activating group) is 1. The van der Waals surface area contributed by atoms with Crippen LogP contribution < -0.4 is 5.32 Å². The molecule has 3 heteroatoms. The highest BCUT2D eigenvalue weighted by atomic mass is 16.5. The average molecular weight is 292 g/mol. The third-order valence-corrected chi connectivity index (χ3v) is 3.87. The standard InChI is InChI=1S/C18H32N2O/c1-6-12-19-17(16-10-8-7-9-11-16)18(2,3)15-20(4)13-14-21-5/h7-11,17,19H,6,12-15H2,1-5H3. The van der Waals surface area contributed by atoms with Crippen LogP contribution in [0, 0.1) is 5.41 Å². The van der Waals surface area contributed by atoms with E-state index in [-0.39, 0.29) is 5.41 Å². The van der Waals surface area contributed by atoms with E-state index in [0.29, 0.717) is 6.04 Å². The summed E-state index contributed by atoms with van der Waals surface area (Å²) in [6.45, 7) is 10.7. The molecule has 120 valence electrons. The van der Waals surface area contributed by atoms with Gasteiger partial charge in [0.2, 0.25) is 0 Å². The summed E-state index contributed by atoms with van der Waals surface area (Å²) in [4.78, 5) is 2.35. The lowest BCUT2D eigenvalue weighted by molar-refractivity contribution is 0.117. The van der Waals surface area contributed by atoms with Crippen LogP contribution in [-0.2, 0) is 4.74 Å². The third-order valence-electron chi connectivity index (χ3n) is 3.87. The normalized spacial score (nSPS) is 13.6. The minimum atomic E-state index is 0.152. The largest absolute Gasteiger partial charge is 0.383 e. The van der Waals surface area contributed by atoms with Crippen molar-refractivity contribution in [1.82, 2.24) is 10.2 Å². The predicted molar refractivity (Wildman–Crippen MR) is 90.6 cm³/mol. The van der Waals surface area contributed by atoms with Gasteiger partial charge in [0, 0.05) is 26.2 Å². The number of ether oxygens (including phenoxy) is 1. The lowest BCUT2D eigenvalue weighted by Crippen LogP contribution is -2.42. The van der Waals surface area contributed by atoms with Crippen molar-refractivity contribution in [3.63, 3.8) is 0 Å². The Labute approximate surface area is 130 Å². The van der Waals surface area contributed by atoms with Crippen LogP contribution in [0.5, 0.6) is 0 Å². The smallest absolute Gasteiger partial charge is 0.0589 e. The molecular weight excluding hydrogens is 260 g/mol. The van der Waals surface area contributed by atoms with Crippen molar-refractivity contribution in [2.24, 2.45) is 5.41 Å². The van der Waals surface area contributed by atoms with Gasteiger partial charge in [0.1, 0.15) is 0 Å². The van der Waals surface area contributed by atoms with E-state index in [2.05, 4.69) is 68.4 Å². The molecule has 21 heavy (non-hydrogen) atoms. The van der Waals surface area contributed by atoms with Crippen molar-refractivity contribution in [3.8, 4) is 0 Å². The fourth-order valence-electron chi connectivity index (χ4n) is 2.89. The number of hydrogen-bond donors (Lipinski definition) is 1. The van der Waals surface area contributed by atoms with Gasteiger partial charge in [-0.2, -0.15) is 0 Å². The van der Waals surface area contributed by atoms with E-state index in [9.17, 15) is 0 Å². The second-order valence-electron chi connectivity index (χ2n) is 6.52. The maximum Gasteiger partial charge on any atom is 0.0589 e. The minimum absolute atomic E-state index is 0.152. The van der Waals surface area contributed by atoms with E-state index >= 15 is 0 Å². The summed E-state index contributed by atoms with van der Waals surface area (Å²) in [5.41, 5.74) is 1.52. The van der Waals surface area contributed by atoms with Gasteiger partial charge in [-0.25, -0.2) is 0 Å². The molecule has 0 radical (unpaired) electrons. The molecule has 0 spiro atoms. The Morgan fingerprint density at radius 1 is 1.24 bits per heavy atom. The first-order valence-corrected chi connectivity index (χ1v) is 7.97. The maximum atomic E-state index is 5.18. The molecule has 1 aromatic carbocycles. The molecule has 0 bridgehead atoms. The molecule has 1 unspecified atom stereocenters. The Hall–Kier alpha value is -0.900. The zero-order valence-electron chi connectivity index (χ0n) is 14.4. The summed E-state index contributed by atoms with van der Waals surface area (Å²) in [5, 5.41) is 3.73. The number of hydrogen-bond acceptors (Lipinski definition) is 3. The highest BCUT2D eigenvalue weighted by Gasteiger charge is 2.31. The summed E-state index contributed by atoms with van der Waals surface area (Å²) in [6, 6.07) is 11.2. The highest BCUT2D eigenvalue weighted by molar-refractivity contribution is 5.21. The van der Waals surface area contributed by atoms with Crippen LogP contribution in [0.1, 0.15) is 38.8 Å². The van der Waals surface area contributed by atoms with Crippen LogP contribution in [0.3, 0.4) is 0 Å². The van der Waals surface area contributed by atoms with Gasteiger partial charge in [0.25, 0.3) is 0 Å². The molecule has 0 saturated heterocycles. The zero-order chi connectivity index (χ0) is 15.7. The van der Waals surface area contributed by atoms with E-state index in [1.165, 1.54) is 5.56 Å². The monoisotopic (exact) mass is 292 g/mol. The number of nitrogens with one attached hydrogen (secondary N) is 1. The fraction of sp³-hybridized carbons (Fsp3) is 0.667. The first-order chi connectivity index (χ1) is 10.0. The Morgan fingerprint density at radius 2 is 1.90 bits per heavy atom. The molecule has 0 aliphatic rings. The van der Waals surface area contributed by atoms with Gasteiger partial charge in [0.15, 0.2) is 0 Å². The van der Waals surface area contributed by atoms with Crippen LogP contribution in [0.2, 0.25) is 0 Å². The third kappa shape index (κ3) is 6.16. The molecule has 0 aliphatic carbocycles. The van der Waals surface area contributed by atoms with Gasteiger partial charge < -0.3 is 15.0 Å². The van der Waals surface area contributed by atoms with Gasteiger partial charge in [-0.05, 0) is 31.0 Å². The van der Waals surface area contributed by atoms with Gasteiger partial charge in [-0.15, -0.1) is 0 Å². The van der Waals surface area contributed by atoms with Crippen molar-refractivity contribution in [1.29, 1.82) is 0 Å². The number of rotatable bonds is 10. The van der Waals surface area contributed by atoms with Crippen molar-refractivity contribution in [2.45, 2.75) is 33.2 Å². The van der Waals surface area contributed by atoms with E-state index in [4.69, 9.17) is 4.74 Å². The van der Waals surface area contributed by atoms with Gasteiger partial charge >= 0.3 is 0 Å². The zero-order valence-corrected chi connectivity index (χ0v) is 14.4. The average Bonchev–Trinajstić information content (AvgIpc) is 2.46. The Bertz CT molecular complexity index is 378. The van der Waals surface area contributed by atoms with Crippen molar-refractivity contribution in [3.05, 3.63) is 35.9 Å². The fourth-order valence-corrected chi connectivity index (χ4v) is 2.89. The van der Waals surface area contributed by atoms with Gasteiger partial charge in [-0.1, -0.05) is 51.1 Å². The van der Waals surface area contributed by atoms with E-state index in [1.54, 1.807) is 7.11 Å². The Morgan fingerprint density at radius 3 is 2.48 bits per heavy atom. The summed E-state index contributed by atoms with van der Waals surface area (Å²) in [7, 11) is 3.93. The lowest BCUT2D eigenvalue weighted by atomic mass is 9.79. The Balaban J connectivity index is 2.80. The van der Waals surface area contributed by atoms with Crippen molar-refractivity contribution < 1.29 is 4.74 Å². The minimum Gasteiger partial charge on any atom is -0.383 e. The second kappa shape index (κ2) is 9.19. The number of methoxy groups -OCH3 is 1. The van der Waals surface area contributed by atoms with Gasteiger partial charge in [0.05, 0.1) is 6.61 Å². The first-order valence-electron chi connectivity index (χ1n) is 7.97. The molecule has 1 aromatic rings. The van der Waals surface area contributed by atoms with Gasteiger partial charge in [-0.3, -0.25) is 0 Å². The molecule has 0 amide bonds. The topological polar surface area (TPSA) is 24.5 Å². The molecule has 3 nitrogen and oxygen atoms in total. The van der Waals surface area contributed by atoms with Crippen LogP contribution in [0.25, 0.3) is 0 Å². The highest BCUT2D eigenvalue weighted by Crippen LogP contribution is 2.34. The van der Waals surface area contributed by atoms with Crippen LogP contribution in [0.15, 0.2) is 30.3 Å². The van der Waals surface area contributed by atoms with E-state index < -0.39 is 0 Å². The maximum absolute atomic E-state index is 5.18. The SMILES string of the molecule is CCCNC(c1ccccc1)C(C)(C)CN(C)CCOC. The molecule has 0 fully saturated rings. The number of nitrogens with zero attached hydrogens (tertiary/aromatic N) is 1. The van der Waals surface area contributed by atoms with Crippen molar-refractivity contribution >= 4 is 0 Å². The van der Waals surface area contributed by atoms with Crippen LogP contribution >= 0.6 is 0 Å². The Kier molecular flexibility index (Phi) is 7.94. The second-order valence-corrected chi connectivity index (χ2v) is 6.52. The summed E-state index contributed by atoms with van der Waals surface area (Å²) >= 11 is 0.